The second-order valence-corrected chi connectivity index (χ2v) is 5.11. The third-order valence-corrected chi connectivity index (χ3v) is 3.75. The lowest BCUT2D eigenvalue weighted by Crippen LogP contribution is -2.68. The highest BCUT2D eigenvalue weighted by Crippen LogP contribution is 2.42. The molecule has 2 rings (SSSR count). The molecule has 1 aromatic heterocycles. The van der Waals surface area contributed by atoms with Gasteiger partial charge in [-0.3, -0.25) is 9.78 Å². The topological polar surface area (TPSA) is 206 Å². The van der Waals surface area contributed by atoms with Crippen LogP contribution in [-0.2, 0) is 10.6 Å². The molecule has 1 fully saturated rings. The van der Waals surface area contributed by atoms with E-state index in [-0.39, 0.29) is 10.8 Å². The van der Waals surface area contributed by atoms with Crippen LogP contribution in [0.2, 0.25) is 0 Å². The molecule has 1 aliphatic rings. The van der Waals surface area contributed by atoms with Crippen LogP contribution in [0.25, 0.3) is 0 Å². The highest BCUT2D eigenvalue weighted by atomic mass is 19.1. The summed E-state index contributed by atoms with van der Waals surface area (Å²) in [6.45, 7) is -2.92. The summed E-state index contributed by atoms with van der Waals surface area (Å²) in [7, 11) is 0. The molecule has 14 heteroatoms. The van der Waals surface area contributed by atoms with E-state index in [0.29, 0.717) is 0 Å². The molecular weight excluding hydrogens is 353 g/mol. The summed E-state index contributed by atoms with van der Waals surface area (Å²) in [5.41, 5.74) is -7.41. The third kappa shape index (κ3) is 2.56. The Bertz CT molecular complexity index is 795. The van der Waals surface area contributed by atoms with Crippen molar-refractivity contribution in [3.05, 3.63) is 32.6 Å². The molecule has 1 aliphatic heterocycles. The van der Waals surface area contributed by atoms with Gasteiger partial charge in [-0.1, -0.05) is 0 Å². The third-order valence-electron chi connectivity index (χ3n) is 3.75. The Morgan fingerprint density at radius 2 is 2.04 bits per heavy atom. The first-order valence-corrected chi connectivity index (χ1v) is 6.58. The van der Waals surface area contributed by atoms with Gasteiger partial charge in [0.1, 0.15) is 17.8 Å². The van der Waals surface area contributed by atoms with Gasteiger partial charge >= 0.3 is 17.6 Å². The molecule has 140 valence electrons. The molecule has 4 atom stereocenters. The lowest BCUT2D eigenvalue weighted by atomic mass is 10.0. The Labute approximate surface area is 136 Å². The predicted octanol–water partition coefficient (Wildman–Crippen LogP) is -4.10. The van der Waals surface area contributed by atoms with Gasteiger partial charge in [0.15, 0.2) is 6.80 Å². The molecule has 25 heavy (non-hydrogen) atoms. The molecule has 0 spiro atoms. The van der Waals surface area contributed by atoms with Crippen LogP contribution >= 0.6 is 0 Å². The van der Waals surface area contributed by atoms with Gasteiger partial charge in [0.25, 0.3) is 5.56 Å². The van der Waals surface area contributed by atoms with Crippen LogP contribution in [0, 0.1) is 0 Å². The molecular formula is C11H14FN3O10. The number of carboxylic acid groups (broad SMARTS) is 1. The fourth-order valence-electron chi connectivity index (χ4n) is 2.45. The maximum Gasteiger partial charge on any atom is 0.342 e. The molecule has 0 bridgehead atoms. The number of carboxylic acids is 1. The van der Waals surface area contributed by atoms with Gasteiger partial charge in [0.05, 0.1) is 6.61 Å². The van der Waals surface area contributed by atoms with E-state index < -0.39 is 65.1 Å². The van der Waals surface area contributed by atoms with Crippen LogP contribution in [0.5, 0.6) is 0 Å². The molecule has 0 unspecified atom stereocenters. The van der Waals surface area contributed by atoms with Crippen molar-refractivity contribution in [2.45, 2.75) is 23.8 Å². The highest BCUT2D eigenvalue weighted by molar-refractivity contribution is 5.86. The number of hydrogen-bond acceptors (Lipinski definition) is 10. The Morgan fingerprint density at radius 3 is 2.52 bits per heavy atom. The summed E-state index contributed by atoms with van der Waals surface area (Å²) in [5, 5.41) is 57.9. The molecule has 0 radical (unpaired) electrons. The molecule has 13 nitrogen and oxygen atoms in total. The van der Waals surface area contributed by atoms with Crippen molar-refractivity contribution in [1.29, 1.82) is 0 Å². The summed E-state index contributed by atoms with van der Waals surface area (Å²) >= 11 is 0. The monoisotopic (exact) mass is 367 g/mol. The minimum Gasteiger partial charge on any atom is -0.477 e. The number of aliphatic hydroxyl groups is 4. The number of hydrogen-bond donors (Lipinski definition) is 7. The fraction of sp³-hybridized carbons (Fsp3) is 0.545. The first-order chi connectivity index (χ1) is 11.5. The SMILES string of the molecule is O=C(O)c1cn([C@@]2(O)O[C@H](CO)[C@@H](O)[C@]2(O)N(O)CF)c(=O)[nH]c1=O. The Balaban J connectivity index is 2.78. The van der Waals surface area contributed by atoms with Crippen molar-refractivity contribution in [3.63, 3.8) is 0 Å². The van der Waals surface area contributed by atoms with Crippen molar-refractivity contribution < 1.29 is 44.7 Å². The van der Waals surface area contributed by atoms with Crippen molar-refractivity contribution in [3.8, 4) is 0 Å². The number of alkyl halides is 1. The number of rotatable bonds is 5. The number of aromatic nitrogens is 2. The van der Waals surface area contributed by atoms with Crippen molar-refractivity contribution in [2.24, 2.45) is 0 Å². The van der Waals surface area contributed by atoms with Gasteiger partial charge in [0.2, 0.25) is 5.72 Å². The lowest BCUT2D eigenvalue weighted by molar-refractivity contribution is -0.416. The average molecular weight is 367 g/mol. The number of halogens is 1. The van der Waals surface area contributed by atoms with Gasteiger partial charge in [-0.05, 0) is 0 Å². The van der Waals surface area contributed by atoms with E-state index in [1.165, 1.54) is 4.98 Å². The van der Waals surface area contributed by atoms with Crippen LogP contribution in [-0.4, -0.2) is 82.7 Å². The normalized spacial score (nSPS) is 32.3. The fourth-order valence-corrected chi connectivity index (χ4v) is 2.45. The van der Waals surface area contributed by atoms with E-state index in [1.54, 1.807) is 0 Å². The van der Waals surface area contributed by atoms with E-state index >= 15 is 0 Å². The van der Waals surface area contributed by atoms with Crippen LogP contribution in [0.4, 0.5) is 4.39 Å². The number of hydroxylamine groups is 2. The van der Waals surface area contributed by atoms with Crippen LogP contribution < -0.4 is 11.2 Å². The Kier molecular flexibility index (Phi) is 4.79. The van der Waals surface area contributed by atoms with Gasteiger partial charge < -0.3 is 35.5 Å². The van der Waals surface area contributed by atoms with E-state index in [4.69, 9.17) is 14.9 Å². The van der Waals surface area contributed by atoms with Crippen LogP contribution in [0.1, 0.15) is 10.4 Å². The highest BCUT2D eigenvalue weighted by Gasteiger charge is 2.70. The predicted molar refractivity (Wildman–Crippen MR) is 71.0 cm³/mol. The second kappa shape index (κ2) is 6.26. The van der Waals surface area contributed by atoms with E-state index in [9.17, 15) is 39.3 Å². The second-order valence-electron chi connectivity index (χ2n) is 5.11. The number of aliphatic hydroxyl groups excluding tert-OH is 2. The van der Waals surface area contributed by atoms with Crippen molar-refractivity contribution >= 4 is 5.97 Å². The van der Waals surface area contributed by atoms with E-state index in [2.05, 4.69) is 0 Å². The number of nitrogens with one attached hydrogen (secondary N) is 1. The van der Waals surface area contributed by atoms with E-state index in [1.807, 2.05) is 0 Å². The first-order valence-electron chi connectivity index (χ1n) is 6.58. The summed E-state index contributed by atoms with van der Waals surface area (Å²) < 4.78 is 17.6. The smallest absolute Gasteiger partial charge is 0.342 e. The number of nitrogens with zero attached hydrogens (tertiary/aromatic N) is 2. The molecule has 0 saturated carbocycles. The number of carbonyl (C=O) groups is 1. The molecule has 1 saturated heterocycles. The number of H-pyrrole nitrogens is 1. The quantitative estimate of drug-likeness (QED) is 0.151. The molecule has 0 aliphatic carbocycles. The minimum atomic E-state index is -3.48. The summed E-state index contributed by atoms with van der Waals surface area (Å²) in [6.07, 6.45) is -3.91. The average Bonchev–Trinajstić information content (AvgIpc) is 2.76. The first kappa shape index (κ1) is 19.1. The summed E-state index contributed by atoms with van der Waals surface area (Å²) in [5.74, 6) is -5.31. The standard InChI is InChI=1S/C11H14FN3O10/c12-3-15(24)10(22)6(17)5(2-16)25-11(10,23)14-1-4(8(19)20)7(18)13-9(14)21/h1,5-6,16-17,22-24H,2-3H2,(H,19,20)(H,13,18,21)/t5-,6-,10-,11+/m1/s1. The zero-order valence-corrected chi connectivity index (χ0v) is 12.2. The maximum absolute atomic E-state index is 12.9. The molecule has 0 aromatic carbocycles. The maximum atomic E-state index is 12.9. The molecule has 0 amide bonds. The largest absolute Gasteiger partial charge is 0.477 e. The van der Waals surface area contributed by atoms with Crippen molar-refractivity contribution in [2.75, 3.05) is 13.4 Å². The van der Waals surface area contributed by atoms with Crippen molar-refractivity contribution in [1.82, 2.24) is 14.6 Å². The number of aromatic carboxylic acids is 1. The minimum absolute atomic E-state index is 0.0738. The van der Waals surface area contributed by atoms with Gasteiger partial charge in [-0.2, -0.15) is 0 Å². The van der Waals surface area contributed by atoms with Gasteiger partial charge in [-0.15, -0.1) is 5.06 Å². The molecule has 1 aromatic rings. The molecule has 7 N–H and O–H groups in total. The van der Waals surface area contributed by atoms with Crippen LogP contribution in [0.3, 0.4) is 0 Å². The Morgan fingerprint density at radius 1 is 1.44 bits per heavy atom. The summed E-state index contributed by atoms with van der Waals surface area (Å²) in [6, 6.07) is 0. The zero-order chi connectivity index (χ0) is 19.2. The van der Waals surface area contributed by atoms with Crippen LogP contribution in [0.15, 0.2) is 15.8 Å². The summed E-state index contributed by atoms with van der Waals surface area (Å²) in [4.78, 5) is 35.9. The number of aromatic amines is 1. The Hall–Kier alpha value is -2.20. The van der Waals surface area contributed by atoms with Gasteiger partial charge in [-0.25, -0.2) is 18.5 Å². The molecule has 2 heterocycles. The zero-order valence-electron chi connectivity index (χ0n) is 12.2. The van der Waals surface area contributed by atoms with E-state index in [0.717, 1.165) is 0 Å². The lowest BCUT2D eigenvalue weighted by Gasteiger charge is -2.40. The number of ether oxygens (including phenoxy) is 1. The van der Waals surface area contributed by atoms with Gasteiger partial charge in [0, 0.05) is 6.20 Å².